The van der Waals surface area contributed by atoms with Gasteiger partial charge in [-0.3, -0.25) is 19.7 Å². The number of anilines is 1. The molecule has 10 heteroatoms. The number of rotatable bonds is 7. The first-order valence-corrected chi connectivity index (χ1v) is 7.97. The number of carbonyl (C=O) groups excluding carboxylic acids is 2. The van der Waals surface area contributed by atoms with Gasteiger partial charge in [-0.25, -0.2) is 0 Å². The van der Waals surface area contributed by atoms with Crippen LogP contribution in [0.25, 0.3) is 0 Å². The molecule has 0 fully saturated rings. The summed E-state index contributed by atoms with van der Waals surface area (Å²) in [6, 6.07) is 3.83. The highest BCUT2D eigenvalue weighted by Crippen LogP contribution is 2.27. The quantitative estimate of drug-likeness (QED) is 0.444. The number of nitro groups is 1. The third-order valence-electron chi connectivity index (χ3n) is 3.55. The fraction of sp³-hybridized carbons (Fsp3) is 0.312. The molecular weight excluding hydrogens is 366 g/mol. The molecule has 2 aromatic rings. The summed E-state index contributed by atoms with van der Waals surface area (Å²) in [4.78, 5) is 33.7. The van der Waals surface area contributed by atoms with Crippen molar-refractivity contribution >= 4 is 34.9 Å². The van der Waals surface area contributed by atoms with Crippen LogP contribution in [0, 0.1) is 24.0 Å². The summed E-state index contributed by atoms with van der Waals surface area (Å²) >= 11 is 5.69. The van der Waals surface area contributed by atoms with E-state index in [4.69, 9.17) is 20.9 Å². The third-order valence-corrected chi connectivity index (χ3v) is 3.87. The van der Waals surface area contributed by atoms with Crippen LogP contribution in [0.5, 0.6) is 0 Å². The topological polar surface area (TPSA) is 125 Å². The van der Waals surface area contributed by atoms with Crippen LogP contribution < -0.4 is 5.32 Å². The molecule has 1 N–H and O–H groups in total. The average molecular weight is 382 g/mol. The number of hydrogen-bond donors (Lipinski definition) is 1. The zero-order chi connectivity index (χ0) is 19.3. The lowest BCUT2D eigenvalue weighted by Crippen LogP contribution is -2.21. The molecule has 1 aromatic carbocycles. The maximum atomic E-state index is 11.8. The summed E-state index contributed by atoms with van der Waals surface area (Å²) in [5.74, 6) is -0.535. The van der Waals surface area contributed by atoms with E-state index >= 15 is 0 Å². The molecule has 0 atom stereocenters. The van der Waals surface area contributed by atoms with Crippen LogP contribution >= 0.6 is 11.6 Å². The van der Waals surface area contributed by atoms with Gasteiger partial charge in [-0.15, -0.1) is 0 Å². The smallest absolute Gasteiger partial charge is 0.306 e. The molecule has 26 heavy (non-hydrogen) atoms. The van der Waals surface area contributed by atoms with Gasteiger partial charge in [0.05, 0.1) is 10.6 Å². The van der Waals surface area contributed by atoms with Gasteiger partial charge in [0.2, 0.25) is 0 Å². The van der Waals surface area contributed by atoms with Crippen molar-refractivity contribution in [2.75, 3.05) is 11.9 Å². The van der Waals surface area contributed by atoms with Crippen molar-refractivity contribution in [3.63, 3.8) is 0 Å². The van der Waals surface area contributed by atoms with Gasteiger partial charge < -0.3 is 14.6 Å². The van der Waals surface area contributed by atoms with E-state index in [-0.39, 0.29) is 22.8 Å². The Labute approximate surface area is 153 Å². The number of amides is 1. The Morgan fingerprint density at radius 2 is 2.12 bits per heavy atom. The van der Waals surface area contributed by atoms with Crippen molar-refractivity contribution < 1.29 is 23.8 Å². The number of nitro benzene ring substituents is 1. The summed E-state index contributed by atoms with van der Waals surface area (Å²) in [6.45, 7) is 3.02. The maximum Gasteiger partial charge on any atom is 0.306 e. The molecule has 1 heterocycles. The van der Waals surface area contributed by atoms with Gasteiger partial charge in [0.1, 0.15) is 10.8 Å². The van der Waals surface area contributed by atoms with E-state index in [0.29, 0.717) is 17.9 Å². The van der Waals surface area contributed by atoms with Gasteiger partial charge in [0.25, 0.3) is 11.6 Å². The molecule has 138 valence electrons. The lowest BCUT2D eigenvalue weighted by Gasteiger charge is -2.07. The van der Waals surface area contributed by atoms with Gasteiger partial charge in [-0.1, -0.05) is 16.8 Å². The SMILES string of the molecule is Cc1noc(C)c1CCC(=O)OCC(=O)Nc1ccc(Cl)c([N+](=O)[O-])c1. The van der Waals surface area contributed by atoms with E-state index in [1.54, 1.807) is 13.8 Å². The van der Waals surface area contributed by atoms with Crippen LogP contribution in [0.1, 0.15) is 23.4 Å². The molecule has 1 aromatic heterocycles. The molecule has 0 radical (unpaired) electrons. The van der Waals surface area contributed by atoms with Gasteiger partial charge in [0.15, 0.2) is 6.61 Å². The largest absolute Gasteiger partial charge is 0.456 e. The minimum absolute atomic E-state index is 0.0428. The fourth-order valence-corrected chi connectivity index (χ4v) is 2.42. The molecule has 0 aliphatic heterocycles. The Morgan fingerprint density at radius 1 is 1.38 bits per heavy atom. The van der Waals surface area contributed by atoms with Gasteiger partial charge >= 0.3 is 5.97 Å². The summed E-state index contributed by atoms with van der Waals surface area (Å²) in [7, 11) is 0. The van der Waals surface area contributed by atoms with Crippen LogP contribution in [-0.2, 0) is 20.7 Å². The molecule has 0 saturated carbocycles. The van der Waals surface area contributed by atoms with Crippen LogP contribution in [-0.4, -0.2) is 28.6 Å². The number of aromatic nitrogens is 1. The molecule has 2 rings (SSSR count). The summed E-state index contributed by atoms with van der Waals surface area (Å²) in [5, 5.41) is 17.0. The third kappa shape index (κ3) is 5.03. The monoisotopic (exact) mass is 381 g/mol. The molecular formula is C16H16ClN3O6. The van der Waals surface area contributed by atoms with Crippen molar-refractivity contribution in [1.82, 2.24) is 5.16 Å². The first-order valence-electron chi connectivity index (χ1n) is 7.59. The van der Waals surface area contributed by atoms with Gasteiger partial charge in [-0.05, 0) is 32.4 Å². The normalized spacial score (nSPS) is 10.4. The Kier molecular flexibility index (Phi) is 6.29. The first kappa shape index (κ1) is 19.4. The van der Waals surface area contributed by atoms with Crippen molar-refractivity contribution in [2.45, 2.75) is 26.7 Å². The molecule has 0 aliphatic rings. The number of ether oxygens (including phenoxy) is 1. The second kappa shape index (κ2) is 8.43. The Hall–Kier alpha value is -2.94. The highest BCUT2D eigenvalue weighted by molar-refractivity contribution is 6.32. The Balaban J connectivity index is 1.82. The average Bonchev–Trinajstić information content (AvgIpc) is 2.91. The molecule has 0 bridgehead atoms. The van der Waals surface area contributed by atoms with Crippen molar-refractivity contribution in [3.05, 3.63) is 50.4 Å². The Morgan fingerprint density at radius 3 is 2.73 bits per heavy atom. The van der Waals surface area contributed by atoms with Crippen LogP contribution in [0.4, 0.5) is 11.4 Å². The maximum absolute atomic E-state index is 11.8. The van der Waals surface area contributed by atoms with Gasteiger partial charge in [-0.2, -0.15) is 0 Å². The Bertz CT molecular complexity index is 829. The standard InChI is InChI=1S/C16H16ClN3O6/c1-9-12(10(2)26-19-9)4-6-16(22)25-8-15(21)18-11-3-5-13(17)14(7-11)20(23)24/h3,5,7H,4,6,8H2,1-2H3,(H,18,21). The fourth-order valence-electron chi connectivity index (χ4n) is 2.23. The van der Waals surface area contributed by atoms with Crippen LogP contribution in [0.3, 0.4) is 0 Å². The van der Waals surface area contributed by atoms with Crippen LogP contribution in [0.15, 0.2) is 22.7 Å². The second-order valence-electron chi connectivity index (χ2n) is 5.43. The zero-order valence-corrected chi connectivity index (χ0v) is 14.8. The van der Waals surface area contributed by atoms with Crippen molar-refractivity contribution in [1.29, 1.82) is 0 Å². The number of halogens is 1. The van der Waals surface area contributed by atoms with Gasteiger partial charge in [0, 0.05) is 23.7 Å². The zero-order valence-electron chi connectivity index (χ0n) is 14.1. The lowest BCUT2D eigenvalue weighted by molar-refractivity contribution is -0.384. The van der Waals surface area contributed by atoms with E-state index in [1.807, 2.05) is 0 Å². The molecule has 0 spiro atoms. The summed E-state index contributed by atoms with van der Waals surface area (Å²) in [6.07, 6.45) is 0.466. The molecule has 0 saturated heterocycles. The van der Waals surface area contributed by atoms with E-state index in [1.165, 1.54) is 12.1 Å². The lowest BCUT2D eigenvalue weighted by atomic mass is 10.1. The molecule has 9 nitrogen and oxygen atoms in total. The minimum Gasteiger partial charge on any atom is -0.456 e. The van der Waals surface area contributed by atoms with E-state index in [0.717, 1.165) is 11.6 Å². The number of nitrogens with one attached hydrogen (secondary N) is 1. The van der Waals surface area contributed by atoms with E-state index in [9.17, 15) is 19.7 Å². The number of hydrogen-bond acceptors (Lipinski definition) is 7. The predicted molar refractivity (Wildman–Crippen MR) is 92.0 cm³/mol. The second-order valence-corrected chi connectivity index (χ2v) is 5.84. The highest BCUT2D eigenvalue weighted by atomic mass is 35.5. The molecule has 0 aliphatic carbocycles. The number of nitrogens with zero attached hydrogens (tertiary/aromatic N) is 2. The number of benzene rings is 1. The number of esters is 1. The molecule has 1 amide bonds. The number of carbonyl (C=O) groups is 2. The molecule has 0 unspecified atom stereocenters. The van der Waals surface area contributed by atoms with Crippen molar-refractivity contribution in [2.24, 2.45) is 0 Å². The number of aryl methyl sites for hydroxylation is 2. The summed E-state index contributed by atoms with van der Waals surface area (Å²) < 4.78 is 9.90. The van der Waals surface area contributed by atoms with Crippen molar-refractivity contribution in [3.8, 4) is 0 Å². The van der Waals surface area contributed by atoms with Crippen LogP contribution in [0.2, 0.25) is 5.02 Å². The summed E-state index contributed by atoms with van der Waals surface area (Å²) in [5.41, 5.74) is 1.39. The highest BCUT2D eigenvalue weighted by Gasteiger charge is 2.15. The first-order chi connectivity index (χ1) is 12.3. The van der Waals surface area contributed by atoms with E-state index < -0.39 is 23.4 Å². The van der Waals surface area contributed by atoms with E-state index in [2.05, 4.69) is 10.5 Å². The minimum atomic E-state index is -0.660. The predicted octanol–water partition coefficient (Wildman–Crippen LogP) is 2.97.